The van der Waals surface area contributed by atoms with E-state index in [1.165, 1.54) is 21.8 Å². The van der Waals surface area contributed by atoms with Gasteiger partial charge in [-0.2, -0.15) is 0 Å². The number of carbonyl (C=O) groups excluding carboxylic acids is 1. The van der Waals surface area contributed by atoms with Gasteiger partial charge in [0.15, 0.2) is 4.96 Å². The fourth-order valence-electron chi connectivity index (χ4n) is 2.28. The Labute approximate surface area is 153 Å². The van der Waals surface area contributed by atoms with Crippen molar-refractivity contribution in [2.45, 2.75) is 26.4 Å². The lowest BCUT2D eigenvalue weighted by molar-refractivity contribution is -0.116. The predicted molar refractivity (Wildman–Crippen MR) is 98.7 cm³/mol. The van der Waals surface area contributed by atoms with Crippen molar-refractivity contribution in [3.63, 3.8) is 0 Å². The standard InChI is InChI=1S/C17H16ClN3O3S/c1-2-3-15(22)20-13-8-11(18)4-5-14(13)24-10-12-9-16(23)21-6-7-25-17(21)19-12/h4-9H,2-3,10H2,1H3,(H,20,22). The number of hydrogen-bond acceptors (Lipinski definition) is 5. The molecule has 0 bridgehead atoms. The first-order valence-electron chi connectivity index (χ1n) is 7.75. The molecule has 8 heteroatoms. The monoisotopic (exact) mass is 377 g/mol. The largest absolute Gasteiger partial charge is 0.485 e. The van der Waals surface area contributed by atoms with Crippen LogP contribution in [-0.4, -0.2) is 15.3 Å². The molecule has 1 aromatic carbocycles. The van der Waals surface area contributed by atoms with Gasteiger partial charge in [0, 0.05) is 29.1 Å². The third-order valence-electron chi connectivity index (χ3n) is 3.42. The topological polar surface area (TPSA) is 72.7 Å². The van der Waals surface area contributed by atoms with E-state index in [4.69, 9.17) is 16.3 Å². The van der Waals surface area contributed by atoms with E-state index < -0.39 is 0 Å². The van der Waals surface area contributed by atoms with E-state index in [-0.39, 0.29) is 18.1 Å². The van der Waals surface area contributed by atoms with Gasteiger partial charge in [0.1, 0.15) is 12.4 Å². The Bertz CT molecular complexity index is 967. The Morgan fingerprint density at radius 3 is 3.04 bits per heavy atom. The Hall–Kier alpha value is -2.38. The molecule has 1 amide bonds. The number of halogens is 1. The molecule has 0 radical (unpaired) electrons. The number of hydrogen-bond donors (Lipinski definition) is 1. The zero-order chi connectivity index (χ0) is 17.8. The summed E-state index contributed by atoms with van der Waals surface area (Å²) in [6.07, 6.45) is 2.84. The first kappa shape index (κ1) is 17.4. The Balaban J connectivity index is 1.79. The average molecular weight is 378 g/mol. The molecule has 1 N–H and O–H groups in total. The van der Waals surface area contributed by atoms with Crippen LogP contribution in [-0.2, 0) is 11.4 Å². The van der Waals surface area contributed by atoms with Crippen molar-refractivity contribution in [2.24, 2.45) is 0 Å². The number of nitrogens with zero attached hydrogens (tertiary/aromatic N) is 2. The van der Waals surface area contributed by atoms with Crippen molar-refractivity contribution >= 4 is 39.5 Å². The molecule has 0 spiro atoms. The van der Waals surface area contributed by atoms with Gasteiger partial charge in [-0.1, -0.05) is 18.5 Å². The SMILES string of the molecule is CCCC(=O)Nc1cc(Cl)ccc1OCc1cc(=O)n2ccsc2n1. The van der Waals surface area contributed by atoms with Crippen LogP contribution in [0, 0.1) is 0 Å². The van der Waals surface area contributed by atoms with Crippen molar-refractivity contribution in [3.05, 3.63) is 56.9 Å². The molecular weight excluding hydrogens is 362 g/mol. The molecule has 3 aromatic rings. The summed E-state index contributed by atoms with van der Waals surface area (Å²) in [5.74, 6) is 0.369. The zero-order valence-corrected chi connectivity index (χ0v) is 15.1. The molecule has 0 aliphatic rings. The second-order valence-electron chi connectivity index (χ2n) is 5.37. The normalized spacial score (nSPS) is 10.8. The molecule has 0 unspecified atom stereocenters. The van der Waals surface area contributed by atoms with Crippen molar-refractivity contribution in [1.82, 2.24) is 9.38 Å². The molecule has 130 valence electrons. The van der Waals surface area contributed by atoms with E-state index in [2.05, 4.69) is 10.3 Å². The summed E-state index contributed by atoms with van der Waals surface area (Å²) in [4.78, 5) is 28.8. The van der Waals surface area contributed by atoms with E-state index in [9.17, 15) is 9.59 Å². The molecule has 0 atom stereocenters. The molecule has 0 aliphatic heterocycles. The van der Waals surface area contributed by atoms with Crippen LogP contribution in [0.25, 0.3) is 4.96 Å². The molecule has 0 aliphatic carbocycles. The summed E-state index contributed by atoms with van der Waals surface area (Å²) in [5.41, 5.74) is 0.866. The quantitative estimate of drug-likeness (QED) is 0.710. The molecule has 3 rings (SSSR count). The van der Waals surface area contributed by atoms with Gasteiger partial charge in [-0.3, -0.25) is 14.0 Å². The van der Waals surface area contributed by atoms with Crippen LogP contribution in [0.3, 0.4) is 0 Å². The van der Waals surface area contributed by atoms with Crippen LogP contribution in [0.15, 0.2) is 40.6 Å². The summed E-state index contributed by atoms with van der Waals surface area (Å²) >= 11 is 7.38. The molecular formula is C17H16ClN3O3S. The van der Waals surface area contributed by atoms with E-state index in [1.807, 2.05) is 6.92 Å². The molecule has 0 saturated heterocycles. The number of anilines is 1. The fourth-order valence-corrected chi connectivity index (χ4v) is 3.19. The van der Waals surface area contributed by atoms with Crippen LogP contribution in [0.2, 0.25) is 5.02 Å². The maximum absolute atomic E-state index is 12.0. The summed E-state index contributed by atoms with van der Waals surface area (Å²) in [5, 5.41) is 5.09. The first-order chi connectivity index (χ1) is 12.1. The number of rotatable bonds is 6. The van der Waals surface area contributed by atoms with E-state index in [1.54, 1.807) is 29.8 Å². The smallest absolute Gasteiger partial charge is 0.258 e. The molecule has 25 heavy (non-hydrogen) atoms. The predicted octanol–water partition coefficient (Wildman–Crippen LogP) is 3.73. The lowest BCUT2D eigenvalue weighted by Gasteiger charge is -2.12. The second kappa shape index (κ2) is 7.67. The maximum Gasteiger partial charge on any atom is 0.258 e. The average Bonchev–Trinajstić information content (AvgIpc) is 3.03. The highest BCUT2D eigenvalue weighted by Crippen LogP contribution is 2.29. The van der Waals surface area contributed by atoms with Crippen molar-refractivity contribution in [2.75, 3.05) is 5.32 Å². The van der Waals surface area contributed by atoms with Gasteiger partial charge in [0.2, 0.25) is 5.91 Å². The number of thiazole rings is 1. The second-order valence-corrected chi connectivity index (χ2v) is 6.68. The van der Waals surface area contributed by atoms with E-state index in [0.717, 1.165) is 6.42 Å². The number of benzene rings is 1. The molecule has 2 heterocycles. The number of aromatic nitrogens is 2. The number of amides is 1. The Morgan fingerprint density at radius 2 is 2.24 bits per heavy atom. The van der Waals surface area contributed by atoms with Gasteiger partial charge < -0.3 is 10.1 Å². The maximum atomic E-state index is 12.0. The summed E-state index contributed by atoms with van der Waals surface area (Å²) < 4.78 is 7.24. The van der Waals surface area contributed by atoms with Gasteiger partial charge in [-0.05, 0) is 24.6 Å². The molecule has 6 nitrogen and oxygen atoms in total. The van der Waals surface area contributed by atoms with Gasteiger partial charge in [-0.15, -0.1) is 11.3 Å². The van der Waals surface area contributed by atoms with Gasteiger partial charge >= 0.3 is 0 Å². The highest BCUT2D eigenvalue weighted by atomic mass is 35.5. The highest BCUT2D eigenvalue weighted by molar-refractivity contribution is 7.15. The molecule has 0 fully saturated rings. The van der Waals surface area contributed by atoms with Crippen molar-refractivity contribution in [3.8, 4) is 5.75 Å². The minimum atomic E-state index is -0.155. The number of nitrogens with one attached hydrogen (secondary N) is 1. The van der Waals surface area contributed by atoms with Gasteiger partial charge in [0.05, 0.1) is 11.4 Å². The van der Waals surface area contributed by atoms with Crippen LogP contribution in [0.1, 0.15) is 25.5 Å². The number of carbonyl (C=O) groups is 1. The summed E-state index contributed by atoms with van der Waals surface area (Å²) in [7, 11) is 0. The third-order valence-corrected chi connectivity index (χ3v) is 4.42. The minimum Gasteiger partial charge on any atom is -0.485 e. The lowest BCUT2D eigenvalue weighted by atomic mass is 10.2. The minimum absolute atomic E-state index is 0.106. The number of fused-ring (bicyclic) bond motifs is 1. The zero-order valence-electron chi connectivity index (χ0n) is 13.5. The van der Waals surface area contributed by atoms with Crippen LogP contribution < -0.4 is 15.6 Å². The highest BCUT2D eigenvalue weighted by Gasteiger charge is 2.10. The van der Waals surface area contributed by atoms with Crippen LogP contribution in [0.5, 0.6) is 5.75 Å². The molecule has 0 saturated carbocycles. The van der Waals surface area contributed by atoms with E-state index >= 15 is 0 Å². The van der Waals surface area contributed by atoms with Gasteiger partial charge in [-0.25, -0.2) is 4.98 Å². The third kappa shape index (κ3) is 4.18. The fraction of sp³-hybridized carbons (Fsp3) is 0.235. The summed E-state index contributed by atoms with van der Waals surface area (Å²) in [6, 6.07) is 6.43. The van der Waals surface area contributed by atoms with Gasteiger partial charge in [0.25, 0.3) is 5.56 Å². The van der Waals surface area contributed by atoms with Crippen LogP contribution in [0.4, 0.5) is 5.69 Å². The number of ether oxygens (including phenoxy) is 1. The van der Waals surface area contributed by atoms with Crippen molar-refractivity contribution in [1.29, 1.82) is 0 Å². The van der Waals surface area contributed by atoms with E-state index in [0.29, 0.717) is 33.5 Å². The Morgan fingerprint density at radius 1 is 1.40 bits per heavy atom. The van der Waals surface area contributed by atoms with Crippen molar-refractivity contribution < 1.29 is 9.53 Å². The molecule has 2 aromatic heterocycles. The lowest BCUT2D eigenvalue weighted by Crippen LogP contribution is -2.15. The summed E-state index contributed by atoms with van der Waals surface area (Å²) in [6.45, 7) is 2.04. The first-order valence-corrected chi connectivity index (χ1v) is 9.00. The van der Waals surface area contributed by atoms with Crippen LogP contribution >= 0.6 is 22.9 Å². The Kier molecular flexibility index (Phi) is 5.35.